The van der Waals surface area contributed by atoms with Gasteiger partial charge in [0.05, 0.1) is 11.4 Å². The van der Waals surface area contributed by atoms with Crippen molar-refractivity contribution in [1.29, 1.82) is 0 Å². The number of piperidine rings is 1. The van der Waals surface area contributed by atoms with Crippen molar-refractivity contribution in [3.05, 3.63) is 17.5 Å². The number of hydrogen-bond donors (Lipinski definition) is 1. The summed E-state index contributed by atoms with van der Waals surface area (Å²) in [6.07, 6.45) is 1.88. The first-order valence-corrected chi connectivity index (χ1v) is 9.37. The first-order valence-electron chi connectivity index (χ1n) is 7.76. The molecule has 1 N–H and O–H groups in total. The summed E-state index contributed by atoms with van der Waals surface area (Å²) in [6.45, 7) is 6.96. The Bertz CT molecular complexity index is 652. The minimum atomic E-state index is -3.23. The zero-order valence-electron chi connectivity index (χ0n) is 13.8. The van der Waals surface area contributed by atoms with E-state index in [0.29, 0.717) is 38.0 Å². The van der Waals surface area contributed by atoms with E-state index in [-0.39, 0.29) is 22.8 Å². The van der Waals surface area contributed by atoms with Crippen LogP contribution in [0.5, 0.6) is 0 Å². The van der Waals surface area contributed by atoms with Gasteiger partial charge in [-0.2, -0.15) is 0 Å². The quantitative estimate of drug-likeness (QED) is 0.879. The van der Waals surface area contributed by atoms with Crippen molar-refractivity contribution in [3.63, 3.8) is 0 Å². The molecule has 1 saturated heterocycles. The monoisotopic (exact) mass is 344 g/mol. The number of nitrogens with zero attached hydrogens (tertiary/aromatic N) is 2. The second kappa shape index (κ2) is 6.60. The lowest BCUT2D eigenvalue weighted by molar-refractivity contribution is 0.0651. The summed E-state index contributed by atoms with van der Waals surface area (Å²) in [4.78, 5) is 10.8. The summed E-state index contributed by atoms with van der Waals surface area (Å²) in [6, 6.07) is 1.43. The van der Waals surface area contributed by atoms with Crippen molar-refractivity contribution in [1.82, 2.24) is 9.46 Å². The van der Waals surface area contributed by atoms with E-state index >= 15 is 0 Å². The van der Waals surface area contributed by atoms with E-state index in [4.69, 9.17) is 9.63 Å². The topological polar surface area (TPSA) is 101 Å². The molecule has 130 valence electrons. The van der Waals surface area contributed by atoms with Crippen LogP contribution in [0.1, 0.15) is 62.2 Å². The number of aromatic nitrogens is 1. The highest BCUT2D eigenvalue weighted by Gasteiger charge is 2.31. The number of rotatable bonds is 5. The van der Waals surface area contributed by atoms with Crippen LogP contribution in [0.15, 0.2) is 10.6 Å². The number of carboxylic acids is 1. The van der Waals surface area contributed by atoms with Crippen molar-refractivity contribution < 1.29 is 22.8 Å². The van der Waals surface area contributed by atoms with Gasteiger partial charge in [-0.3, -0.25) is 0 Å². The number of aromatic carboxylic acids is 1. The predicted octanol–water partition coefficient (Wildman–Crippen LogP) is 2.32. The third-order valence-corrected chi connectivity index (χ3v) is 5.99. The van der Waals surface area contributed by atoms with Crippen LogP contribution < -0.4 is 0 Å². The maximum absolute atomic E-state index is 12.4. The van der Waals surface area contributed by atoms with E-state index in [0.717, 1.165) is 0 Å². The Morgan fingerprint density at radius 1 is 1.39 bits per heavy atom. The molecule has 0 aliphatic carbocycles. The van der Waals surface area contributed by atoms with Gasteiger partial charge in [-0.05, 0) is 24.7 Å². The molecule has 0 aromatic carbocycles. The Morgan fingerprint density at radius 3 is 2.48 bits per heavy atom. The minimum Gasteiger partial charge on any atom is -0.475 e. The molecule has 0 bridgehead atoms. The first-order chi connectivity index (χ1) is 10.6. The molecule has 0 amide bonds. The highest BCUT2D eigenvalue weighted by molar-refractivity contribution is 7.89. The van der Waals surface area contributed by atoms with E-state index in [9.17, 15) is 13.2 Å². The third-order valence-electron chi connectivity index (χ3n) is 4.11. The summed E-state index contributed by atoms with van der Waals surface area (Å²) in [5, 5.41) is 12.6. The molecule has 7 nitrogen and oxygen atoms in total. The highest BCUT2D eigenvalue weighted by Crippen LogP contribution is 2.29. The Hall–Kier alpha value is -1.41. The molecule has 0 spiro atoms. The van der Waals surface area contributed by atoms with Crippen molar-refractivity contribution >= 4 is 16.0 Å². The molecular weight excluding hydrogens is 320 g/mol. The molecule has 1 aromatic rings. The maximum atomic E-state index is 12.4. The molecular formula is C15H24N2O5S. The van der Waals surface area contributed by atoms with Gasteiger partial charge >= 0.3 is 5.97 Å². The lowest BCUT2D eigenvalue weighted by Crippen LogP contribution is -2.39. The van der Waals surface area contributed by atoms with Crippen molar-refractivity contribution in [2.75, 3.05) is 18.8 Å². The molecule has 0 unspecified atom stereocenters. The smallest absolute Gasteiger partial charge is 0.374 e. The SMILES string of the molecule is CC(C)(C)CCS(=O)(=O)N1CCC(c2cc(C(=O)O)on2)CC1. The fraction of sp³-hybridized carbons (Fsp3) is 0.733. The Balaban J connectivity index is 1.93. The summed E-state index contributed by atoms with van der Waals surface area (Å²) < 4.78 is 31.1. The van der Waals surface area contributed by atoms with E-state index in [2.05, 4.69) is 5.16 Å². The average molecular weight is 344 g/mol. The molecule has 23 heavy (non-hydrogen) atoms. The second-order valence-electron chi connectivity index (χ2n) is 7.22. The third kappa shape index (κ3) is 4.78. The normalized spacial score (nSPS) is 18.2. The Labute approximate surface area is 136 Å². The van der Waals surface area contributed by atoms with Gasteiger partial charge in [-0.25, -0.2) is 17.5 Å². The van der Waals surface area contributed by atoms with Gasteiger partial charge in [0.1, 0.15) is 0 Å². The molecule has 1 aliphatic rings. The van der Waals surface area contributed by atoms with Crippen LogP contribution in [0.2, 0.25) is 0 Å². The Morgan fingerprint density at radius 2 is 2.00 bits per heavy atom. The number of sulfonamides is 1. The van der Waals surface area contributed by atoms with Gasteiger partial charge in [0.25, 0.3) is 0 Å². The maximum Gasteiger partial charge on any atom is 0.374 e. The zero-order valence-corrected chi connectivity index (χ0v) is 14.6. The molecule has 1 fully saturated rings. The minimum absolute atomic E-state index is 0.0145. The lowest BCUT2D eigenvalue weighted by atomic mass is 9.94. The van der Waals surface area contributed by atoms with Gasteiger partial charge in [-0.1, -0.05) is 25.9 Å². The fourth-order valence-electron chi connectivity index (χ4n) is 2.58. The largest absolute Gasteiger partial charge is 0.475 e. The summed E-state index contributed by atoms with van der Waals surface area (Å²) in [7, 11) is -3.23. The van der Waals surface area contributed by atoms with E-state index < -0.39 is 16.0 Å². The second-order valence-corrected chi connectivity index (χ2v) is 9.31. The average Bonchev–Trinajstić information content (AvgIpc) is 2.95. The van der Waals surface area contributed by atoms with Gasteiger partial charge in [0, 0.05) is 25.1 Å². The van der Waals surface area contributed by atoms with Crippen LogP contribution >= 0.6 is 0 Å². The van der Waals surface area contributed by atoms with Crippen molar-refractivity contribution in [3.8, 4) is 0 Å². The van der Waals surface area contributed by atoms with E-state index in [1.807, 2.05) is 20.8 Å². The van der Waals surface area contributed by atoms with Crippen LogP contribution in [0.3, 0.4) is 0 Å². The van der Waals surface area contributed by atoms with Crippen molar-refractivity contribution in [2.45, 2.75) is 46.0 Å². The van der Waals surface area contributed by atoms with Crippen LogP contribution in [-0.4, -0.2) is 47.8 Å². The van der Waals surface area contributed by atoms with Gasteiger partial charge in [0.2, 0.25) is 15.8 Å². The summed E-state index contributed by atoms with van der Waals surface area (Å²) in [5.74, 6) is -1.12. The van der Waals surface area contributed by atoms with Gasteiger partial charge in [-0.15, -0.1) is 0 Å². The van der Waals surface area contributed by atoms with Gasteiger partial charge < -0.3 is 9.63 Å². The van der Waals surface area contributed by atoms with Crippen LogP contribution in [0.4, 0.5) is 0 Å². The standard InChI is InChI=1S/C15H24N2O5S/c1-15(2,3)6-9-23(20,21)17-7-4-11(5-8-17)12-10-13(14(18)19)22-16-12/h10-11H,4-9H2,1-3H3,(H,18,19). The zero-order chi connectivity index (χ0) is 17.3. The molecule has 0 saturated carbocycles. The molecule has 0 atom stereocenters. The molecule has 8 heteroatoms. The van der Waals surface area contributed by atoms with E-state index in [1.54, 1.807) is 0 Å². The first kappa shape index (κ1) is 17.9. The fourth-order valence-corrected chi connectivity index (χ4v) is 4.47. The molecule has 2 heterocycles. The number of carboxylic acid groups (broad SMARTS) is 1. The predicted molar refractivity (Wildman–Crippen MR) is 84.9 cm³/mol. The van der Waals surface area contributed by atoms with Crippen LogP contribution in [-0.2, 0) is 10.0 Å². The van der Waals surface area contributed by atoms with Crippen molar-refractivity contribution in [2.24, 2.45) is 5.41 Å². The lowest BCUT2D eigenvalue weighted by Gasteiger charge is -2.31. The van der Waals surface area contributed by atoms with Crippen LogP contribution in [0, 0.1) is 5.41 Å². The molecule has 2 rings (SSSR count). The van der Waals surface area contributed by atoms with Crippen LogP contribution in [0.25, 0.3) is 0 Å². The van der Waals surface area contributed by atoms with E-state index in [1.165, 1.54) is 10.4 Å². The number of hydrogen-bond acceptors (Lipinski definition) is 5. The molecule has 1 aliphatic heterocycles. The van der Waals surface area contributed by atoms with Gasteiger partial charge in [0.15, 0.2) is 0 Å². The summed E-state index contributed by atoms with van der Waals surface area (Å²) in [5.41, 5.74) is 0.577. The number of carbonyl (C=O) groups is 1. The highest BCUT2D eigenvalue weighted by atomic mass is 32.2. The Kier molecular flexibility index (Phi) is 5.15. The molecule has 1 aromatic heterocycles. The molecule has 0 radical (unpaired) electrons. The summed E-state index contributed by atoms with van der Waals surface area (Å²) >= 11 is 0.